The molecule has 0 aliphatic carbocycles. The summed E-state index contributed by atoms with van der Waals surface area (Å²) in [5.41, 5.74) is 4.61. The average molecular weight is 345 g/mol. The van der Waals surface area contributed by atoms with E-state index >= 15 is 0 Å². The third-order valence-electron chi connectivity index (χ3n) is 3.38. The van der Waals surface area contributed by atoms with Crippen LogP contribution in [0.4, 0.5) is 0 Å². The van der Waals surface area contributed by atoms with Crippen LogP contribution in [0.3, 0.4) is 0 Å². The Kier molecular flexibility index (Phi) is 7.30. The first-order valence-electron chi connectivity index (χ1n) is 7.96. The minimum Gasteiger partial charge on any atom is -0.494 e. The van der Waals surface area contributed by atoms with E-state index in [-0.39, 0.29) is 5.91 Å². The summed E-state index contributed by atoms with van der Waals surface area (Å²) in [6, 6.07) is 15.2. The zero-order chi connectivity index (χ0) is 17.2. The number of ether oxygens (including phenoxy) is 1. The van der Waals surface area contributed by atoms with Crippen molar-refractivity contribution < 1.29 is 9.53 Å². The molecule has 24 heavy (non-hydrogen) atoms. The van der Waals surface area contributed by atoms with Gasteiger partial charge in [0, 0.05) is 11.4 Å². The number of nitrogens with zero attached hydrogens (tertiary/aromatic N) is 1. The highest BCUT2D eigenvalue weighted by Gasteiger charge is 2.01. The SMILES string of the molecule is CCOc1ccc(CCCC(=O)N/N=C\c2ccc(Cl)cc2)cc1. The van der Waals surface area contributed by atoms with Crippen molar-refractivity contribution in [3.05, 3.63) is 64.7 Å². The van der Waals surface area contributed by atoms with Crippen LogP contribution in [-0.4, -0.2) is 18.7 Å². The first-order chi connectivity index (χ1) is 11.7. The Morgan fingerprint density at radius 1 is 1.17 bits per heavy atom. The van der Waals surface area contributed by atoms with Gasteiger partial charge in [-0.05, 0) is 55.2 Å². The van der Waals surface area contributed by atoms with Gasteiger partial charge >= 0.3 is 0 Å². The summed E-state index contributed by atoms with van der Waals surface area (Å²) in [6.45, 7) is 2.62. The third-order valence-corrected chi connectivity index (χ3v) is 3.63. The first-order valence-corrected chi connectivity index (χ1v) is 8.34. The average Bonchev–Trinajstić information content (AvgIpc) is 2.58. The van der Waals surface area contributed by atoms with Crippen LogP contribution in [0.1, 0.15) is 30.9 Å². The number of carbonyl (C=O) groups is 1. The van der Waals surface area contributed by atoms with Crippen LogP contribution in [0.5, 0.6) is 5.75 Å². The molecule has 0 aliphatic rings. The molecule has 5 heteroatoms. The number of carbonyl (C=O) groups excluding carboxylic acids is 1. The Hall–Kier alpha value is -2.33. The van der Waals surface area contributed by atoms with Gasteiger partial charge in [0.05, 0.1) is 12.8 Å². The van der Waals surface area contributed by atoms with Gasteiger partial charge in [-0.25, -0.2) is 5.43 Å². The highest BCUT2D eigenvalue weighted by Crippen LogP contribution is 2.13. The van der Waals surface area contributed by atoms with Gasteiger partial charge in [-0.15, -0.1) is 0 Å². The lowest BCUT2D eigenvalue weighted by Crippen LogP contribution is -2.17. The van der Waals surface area contributed by atoms with Crippen LogP contribution in [0.25, 0.3) is 0 Å². The topological polar surface area (TPSA) is 50.7 Å². The second kappa shape index (κ2) is 9.73. The molecular weight excluding hydrogens is 324 g/mol. The normalized spacial score (nSPS) is 10.8. The van der Waals surface area contributed by atoms with E-state index in [9.17, 15) is 4.79 Å². The number of hydrogen-bond donors (Lipinski definition) is 1. The lowest BCUT2D eigenvalue weighted by molar-refractivity contribution is -0.121. The van der Waals surface area contributed by atoms with Gasteiger partial charge in [-0.2, -0.15) is 5.10 Å². The molecule has 0 bridgehead atoms. The molecule has 0 aromatic heterocycles. The molecular formula is C19H21ClN2O2. The van der Waals surface area contributed by atoms with Crippen molar-refractivity contribution in [2.45, 2.75) is 26.2 Å². The number of amides is 1. The summed E-state index contributed by atoms with van der Waals surface area (Å²) >= 11 is 5.81. The van der Waals surface area contributed by atoms with E-state index in [1.165, 1.54) is 5.56 Å². The van der Waals surface area contributed by atoms with E-state index in [0.717, 1.165) is 24.2 Å². The van der Waals surface area contributed by atoms with Gasteiger partial charge in [0.15, 0.2) is 0 Å². The van der Waals surface area contributed by atoms with E-state index in [1.807, 2.05) is 43.3 Å². The van der Waals surface area contributed by atoms with E-state index < -0.39 is 0 Å². The van der Waals surface area contributed by atoms with E-state index in [2.05, 4.69) is 10.5 Å². The van der Waals surface area contributed by atoms with Gasteiger partial charge in [0.2, 0.25) is 5.91 Å². The molecule has 0 atom stereocenters. The number of benzene rings is 2. The number of hydrazone groups is 1. The van der Waals surface area contributed by atoms with Crippen molar-refractivity contribution in [1.82, 2.24) is 5.43 Å². The van der Waals surface area contributed by atoms with Crippen LogP contribution in [0.15, 0.2) is 53.6 Å². The molecule has 0 fully saturated rings. The lowest BCUT2D eigenvalue weighted by atomic mass is 10.1. The summed E-state index contributed by atoms with van der Waals surface area (Å²) in [5.74, 6) is 0.779. The fraction of sp³-hybridized carbons (Fsp3) is 0.263. The van der Waals surface area contributed by atoms with Crippen molar-refractivity contribution in [3.8, 4) is 5.75 Å². The summed E-state index contributed by atoms with van der Waals surface area (Å²) in [4.78, 5) is 11.8. The standard InChI is InChI=1S/C19H21ClN2O2/c1-2-24-18-12-8-15(9-13-18)4-3-5-19(23)22-21-14-16-6-10-17(20)11-7-16/h6-14H,2-5H2,1H3,(H,22,23)/b21-14-. The largest absolute Gasteiger partial charge is 0.494 e. The molecule has 0 radical (unpaired) electrons. The molecule has 0 unspecified atom stereocenters. The first kappa shape index (κ1) is 18.0. The lowest BCUT2D eigenvalue weighted by Gasteiger charge is -2.05. The predicted molar refractivity (Wildman–Crippen MR) is 97.7 cm³/mol. The molecule has 0 spiro atoms. The minimum atomic E-state index is -0.0915. The van der Waals surface area contributed by atoms with Crippen molar-refractivity contribution in [2.24, 2.45) is 5.10 Å². The van der Waals surface area contributed by atoms with Crippen LogP contribution in [0, 0.1) is 0 Å². The van der Waals surface area contributed by atoms with E-state index in [1.54, 1.807) is 18.3 Å². The molecule has 2 aromatic carbocycles. The highest BCUT2D eigenvalue weighted by atomic mass is 35.5. The molecule has 126 valence electrons. The molecule has 1 N–H and O–H groups in total. The maximum Gasteiger partial charge on any atom is 0.240 e. The smallest absolute Gasteiger partial charge is 0.240 e. The molecule has 0 saturated heterocycles. The molecule has 0 aliphatic heterocycles. The Morgan fingerprint density at radius 2 is 1.88 bits per heavy atom. The quantitative estimate of drug-likeness (QED) is 0.576. The van der Waals surface area contributed by atoms with Crippen LogP contribution < -0.4 is 10.2 Å². The van der Waals surface area contributed by atoms with E-state index in [4.69, 9.17) is 16.3 Å². The maximum atomic E-state index is 11.8. The molecule has 1 amide bonds. The molecule has 2 rings (SSSR count). The fourth-order valence-corrected chi connectivity index (χ4v) is 2.28. The predicted octanol–water partition coefficient (Wildman–Crippen LogP) is 4.21. The second-order valence-electron chi connectivity index (χ2n) is 5.28. The minimum absolute atomic E-state index is 0.0915. The summed E-state index contributed by atoms with van der Waals surface area (Å²) < 4.78 is 5.40. The van der Waals surface area contributed by atoms with E-state index in [0.29, 0.717) is 18.1 Å². The van der Waals surface area contributed by atoms with Gasteiger partial charge in [0.25, 0.3) is 0 Å². The number of nitrogens with one attached hydrogen (secondary N) is 1. The Morgan fingerprint density at radius 3 is 2.54 bits per heavy atom. The number of hydrogen-bond acceptors (Lipinski definition) is 3. The van der Waals surface area contributed by atoms with Crippen molar-refractivity contribution in [3.63, 3.8) is 0 Å². The van der Waals surface area contributed by atoms with Crippen molar-refractivity contribution in [2.75, 3.05) is 6.61 Å². The van der Waals surface area contributed by atoms with Crippen molar-refractivity contribution >= 4 is 23.7 Å². The number of aryl methyl sites for hydroxylation is 1. The highest BCUT2D eigenvalue weighted by molar-refractivity contribution is 6.30. The Labute approximate surface area is 147 Å². The van der Waals surface area contributed by atoms with Gasteiger partial charge in [0.1, 0.15) is 5.75 Å². The molecule has 0 heterocycles. The molecule has 2 aromatic rings. The van der Waals surface area contributed by atoms with Crippen LogP contribution >= 0.6 is 11.6 Å². The monoisotopic (exact) mass is 344 g/mol. The molecule has 0 saturated carbocycles. The third kappa shape index (κ3) is 6.42. The van der Waals surface area contributed by atoms with Crippen LogP contribution in [-0.2, 0) is 11.2 Å². The van der Waals surface area contributed by atoms with Crippen molar-refractivity contribution in [1.29, 1.82) is 0 Å². The zero-order valence-electron chi connectivity index (χ0n) is 13.7. The number of rotatable bonds is 8. The Bertz CT molecular complexity index is 667. The van der Waals surface area contributed by atoms with Gasteiger partial charge < -0.3 is 4.74 Å². The second-order valence-corrected chi connectivity index (χ2v) is 5.71. The fourth-order valence-electron chi connectivity index (χ4n) is 2.16. The van der Waals surface area contributed by atoms with Gasteiger partial charge in [-0.1, -0.05) is 35.9 Å². The summed E-state index contributed by atoms with van der Waals surface area (Å²) in [6.07, 6.45) is 3.66. The Balaban J connectivity index is 1.68. The summed E-state index contributed by atoms with van der Waals surface area (Å²) in [7, 11) is 0. The number of halogens is 1. The maximum absolute atomic E-state index is 11.8. The molecule has 4 nitrogen and oxygen atoms in total. The van der Waals surface area contributed by atoms with Gasteiger partial charge in [-0.3, -0.25) is 4.79 Å². The summed E-state index contributed by atoms with van der Waals surface area (Å²) in [5, 5.41) is 4.62. The zero-order valence-corrected chi connectivity index (χ0v) is 14.4. The van der Waals surface area contributed by atoms with Crippen LogP contribution in [0.2, 0.25) is 5.02 Å².